The Kier molecular flexibility index (Phi) is 4.35. The SMILES string of the molecule is O=C(N1CCN(CC2CCCCC2)CC1)C12CC3CC(CC(C3)C1)C2. The predicted octanol–water partition coefficient (Wildman–Crippen LogP) is 3.93. The molecule has 1 saturated heterocycles. The van der Waals surface area contributed by atoms with Gasteiger partial charge in [-0.3, -0.25) is 9.69 Å². The summed E-state index contributed by atoms with van der Waals surface area (Å²) in [7, 11) is 0. The Labute approximate surface area is 153 Å². The van der Waals surface area contributed by atoms with E-state index in [-0.39, 0.29) is 5.41 Å². The van der Waals surface area contributed by atoms with Crippen LogP contribution in [0, 0.1) is 29.1 Å². The van der Waals surface area contributed by atoms with Gasteiger partial charge in [0.15, 0.2) is 0 Å². The van der Waals surface area contributed by atoms with E-state index in [0.29, 0.717) is 5.91 Å². The highest BCUT2D eigenvalue weighted by Gasteiger charge is 2.55. The maximum Gasteiger partial charge on any atom is 0.228 e. The first-order valence-electron chi connectivity index (χ1n) is 11.2. The Morgan fingerprint density at radius 1 is 0.800 bits per heavy atom. The van der Waals surface area contributed by atoms with Crippen molar-refractivity contribution in [3.8, 4) is 0 Å². The number of carbonyl (C=O) groups is 1. The molecule has 3 nitrogen and oxygen atoms in total. The zero-order valence-corrected chi connectivity index (χ0v) is 15.9. The molecule has 25 heavy (non-hydrogen) atoms. The average molecular weight is 345 g/mol. The van der Waals surface area contributed by atoms with Gasteiger partial charge in [-0.05, 0) is 75.0 Å². The molecule has 1 heterocycles. The molecule has 0 aromatic heterocycles. The van der Waals surface area contributed by atoms with E-state index in [2.05, 4.69) is 9.80 Å². The highest BCUT2D eigenvalue weighted by atomic mass is 16.2. The van der Waals surface area contributed by atoms with E-state index in [1.807, 2.05) is 0 Å². The van der Waals surface area contributed by atoms with Gasteiger partial charge in [-0.1, -0.05) is 19.3 Å². The van der Waals surface area contributed by atoms with Gasteiger partial charge in [0.2, 0.25) is 5.91 Å². The van der Waals surface area contributed by atoms with Crippen LogP contribution in [0.2, 0.25) is 0 Å². The van der Waals surface area contributed by atoms with Gasteiger partial charge in [0, 0.05) is 32.7 Å². The lowest BCUT2D eigenvalue weighted by molar-refractivity contribution is -0.159. The van der Waals surface area contributed by atoms with Crippen molar-refractivity contribution in [2.24, 2.45) is 29.1 Å². The van der Waals surface area contributed by atoms with Crippen LogP contribution in [-0.4, -0.2) is 48.4 Å². The molecule has 0 aromatic rings. The van der Waals surface area contributed by atoms with Crippen LogP contribution in [-0.2, 0) is 4.79 Å². The molecule has 4 bridgehead atoms. The largest absolute Gasteiger partial charge is 0.340 e. The predicted molar refractivity (Wildman–Crippen MR) is 100 cm³/mol. The van der Waals surface area contributed by atoms with E-state index in [1.54, 1.807) is 0 Å². The molecule has 5 saturated carbocycles. The summed E-state index contributed by atoms with van der Waals surface area (Å²) in [6.07, 6.45) is 15.2. The van der Waals surface area contributed by atoms with Crippen molar-refractivity contribution in [3.63, 3.8) is 0 Å². The second kappa shape index (κ2) is 6.55. The molecule has 3 heteroatoms. The van der Waals surface area contributed by atoms with Gasteiger partial charge in [0.1, 0.15) is 0 Å². The molecule has 0 N–H and O–H groups in total. The minimum atomic E-state index is 0.0697. The molecule has 5 aliphatic carbocycles. The standard InChI is InChI=1S/C22H36N2O/c25-21(22-13-18-10-19(14-22)12-20(11-18)15-22)24-8-6-23(7-9-24)16-17-4-2-1-3-5-17/h17-20H,1-16H2. The molecule has 0 atom stereocenters. The maximum atomic E-state index is 13.5. The highest BCUT2D eigenvalue weighted by Crippen LogP contribution is 2.60. The van der Waals surface area contributed by atoms with E-state index in [9.17, 15) is 4.79 Å². The Morgan fingerprint density at radius 2 is 1.36 bits per heavy atom. The molecule has 6 fully saturated rings. The fourth-order valence-electron chi connectivity index (χ4n) is 7.58. The number of piperazine rings is 1. The van der Waals surface area contributed by atoms with Crippen molar-refractivity contribution in [1.82, 2.24) is 9.80 Å². The molecule has 0 aromatic carbocycles. The molecule has 6 aliphatic rings. The maximum absolute atomic E-state index is 13.5. The number of hydrogen-bond acceptors (Lipinski definition) is 2. The lowest BCUT2D eigenvalue weighted by Crippen LogP contribution is -2.58. The second-order valence-electron chi connectivity index (χ2n) is 10.3. The monoisotopic (exact) mass is 344 g/mol. The Balaban J connectivity index is 1.17. The van der Waals surface area contributed by atoms with Gasteiger partial charge in [-0.25, -0.2) is 0 Å². The van der Waals surface area contributed by atoms with Gasteiger partial charge in [0.25, 0.3) is 0 Å². The highest BCUT2D eigenvalue weighted by molar-refractivity contribution is 5.83. The van der Waals surface area contributed by atoms with Crippen LogP contribution >= 0.6 is 0 Å². The van der Waals surface area contributed by atoms with E-state index in [0.717, 1.165) is 49.9 Å². The van der Waals surface area contributed by atoms with E-state index in [4.69, 9.17) is 0 Å². The van der Waals surface area contributed by atoms with E-state index >= 15 is 0 Å². The smallest absolute Gasteiger partial charge is 0.228 e. The van der Waals surface area contributed by atoms with Crippen LogP contribution in [0.5, 0.6) is 0 Å². The van der Waals surface area contributed by atoms with Crippen LogP contribution in [0.15, 0.2) is 0 Å². The topological polar surface area (TPSA) is 23.6 Å². The van der Waals surface area contributed by atoms with Crippen LogP contribution in [0.4, 0.5) is 0 Å². The quantitative estimate of drug-likeness (QED) is 0.774. The third-order valence-electron chi connectivity index (χ3n) is 8.39. The van der Waals surface area contributed by atoms with Gasteiger partial charge >= 0.3 is 0 Å². The van der Waals surface area contributed by atoms with Crippen molar-refractivity contribution in [2.45, 2.75) is 70.6 Å². The molecular formula is C22H36N2O. The summed E-state index contributed by atoms with van der Waals surface area (Å²) in [5, 5.41) is 0. The molecule has 0 spiro atoms. The summed E-state index contributed by atoms with van der Waals surface area (Å²) in [5.74, 6) is 4.12. The number of amides is 1. The summed E-state index contributed by atoms with van der Waals surface area (Å²) in [6.45, 7) is 5.52. The number of carbonyl (C=O) groups excluding carboxylic acids is 1. The van der Waals surface area contributed by atoms with Crippen LogP contribution in [0.3, 0.4) is 0 Å². The normalized spacial score (nSPS) is 42.1. The summed E-state index contributed by atoms with van der Waals surface area (Å²) in [5.41, 5.74) is 0.0697. The summed E-state index contributed by atoms with van der Waals surface area (Å²) < 4.78 is 0. The molecule has 0 radical (unpaired) electrons. The van der Waals surface area contributed by atoms with E-state index < -0.39 is 0 Å². The van der Waals surface area contributed by atoms with Gasteiger partial charge in [-0.2, -0.15) is 0 Å². The lowest BCUT2D eigenvalue weighted by Gasteiger charge is -2.57. The van der Waals surface area contributed by atoms with Crippen molar-refractivity contribution < 1.29 is 4.79 Å². The third-order valence-corrected chi connectivity index (χ3v) is 8.39. The van der Waals surface area contributed by atoms with Crippen LogP contribution in [0.25, 0.3) is 0 Å². The summed E-state index contributed by atoms with van der Waals surface area (Å²) in [4.78, 5) is 18.4. The summed E-state index contributed by atoms with van der Waals surface area (Å²) in [6, 6.07) is 0. The molecule has 0 unspecified atom stereocenters. The van der Waals surface area contributed by atoms with Crippen molar-refractivity contribution in [3.05, 3.63) is 0 Å². The van der Waals surface area contributed by atoms with Crippen molar-refractivity contribution in [2.75, 3.05) is 32.7 Å². The second-order valence-corrected chi connectivity index (χ2v) is 10.3. The average Bonchev–Trinajstić information content (AvgIpc) is 2.61. The lowest BCUT2D eigenvalue weighted by atomic mass is 9.49. The number of rotatable bonds is 3. The van der Waals surface area contributed by atoms with Gasteiger partial charge < -0.3 is 4.90 Å². The van der Waals surface area contributed by atoms with E-state index in [1.165, 1.54) is 77.2 Å². The van der Waals surface area contributed by atoms with Crippen LogP contribution < -0.4 is 0 Å². The molecule has 140 valence electrons. The number of nitrogens with zero attached hydrogens (tertiary/aromatic N) is 2. The van der Waals surface area contributed by atoms with Gasteiger partial charge in [-0.15, -0.1) is 0 Å². The molecular weight excluding hydrogens is 308 g/mol. The molecule has 1 amide bonds. The third kappa shape index (κ3) is 3.15. The molecule has 6 rings (SSSR count). The Morgan fingerprint density at radius 3 is 1.92 bits per heavy atom. The summed E-state index contributed by atoms with van der Waals surface area (Å²) >= 11 is 0. The van der Waals surface area contributed by atoms with Crippen molar-refractivity contribution >= 4 is 5.91 Å². The zero-order chi connectivity index (χ0) is 16.9. The van der Waals surface area contributed by atoms with Crippen LogP contribution in [0.1, 0.15) is 70.6 Å². The first kappa shape index (κ1) is 16.6. The minimum absolute atomic E-state index is 0.0697. The van der Waals surface area contributed by atoms with Gasteiger partial charge in [0.05, 0.1) is 5.41 Å². The molecule has 1 aliphatic heterocycles. The fourth-order valence-corrected chi connectivity index (χ4v) is 7.58. The zero-order valence-electron chi connectivity index (χ0n) is 15.9. The van der Waals surface area contributed by atoms with Crippen molar-refractivity contribution in [1.29, 1.82) is 0 Å². The fraction of sp³-hybridized carbons (Fsp3) is 0.955. The minimum Gasteiger partial charge on any atom is -0.340 e. The first-order chi connectivity index (χ1) is 12.2. The first-order valence-corrected chi connectivity index (χ1v) is 11.2. The Bertz CT molecular complexity index is 467. The number of hydrogen-bond donors (Lipinski definition) is 0. The Hall–Kier alpha value is -0.570.